The Morgan fingerprint density at radius 2 is 2.15 bits per heavy atom. The number of hydrogen-bond donors (Lipinski definition) is 1. The number of amides is 2. The van der Waals surface area contributed by atoms with Gasteiger partial charge in [-0.3, -0.25) is 14.6 Å². The van der Waals surface area contributed by atoms with Crippen LogP contribution in [0.4, 0.5) is 5.82 Å². The summed E-state index contributed by atoms with van der Waals surface area (Å²) >= 11 is 1.44. The van der Waals surface area contributed by atoms with Crippen molar-refractivity contribution < 1.29 is 14.3 Å². The lowest BCUT2D eigenvalue weighted by atomic mass is 10.1. The van der Waals surface area contributed by atoms with Crippen molar-refractivity contribution >= 4 is 40.4 Å². The van der Waals surface area contributed by atoms with Gasteiger partial charge in [-0.05, 0) is 42.7 Å². The van der Waals surface area contributed by atoms with Gasteiger partial charge in [-0.25, -0.2) is 9.97 Å². The Hall–Kier alpha value is -3.24. The number of nitrogens with one attached hydrogen (secondary N) is 1. The van der Waals surface area contributed by atoms with Gasteiger partial charge in [0, 0.05) is 45.0 Å². The maximum Gasteiger partial charge on any atom is 0.272 e. The molecule has 2 aliphatic heterocycles. The molecule has 0 spiro atoms. The van der Waals surface area contributed by atoms with Crippen molar-refractivity contribution in [2.45, 2.75) is 23.8 Å². The molecule has 5 heterocycles. The molecule has 176 valence electrons. The van der Waals surface area contributed by atoms with Gasteiger partial charge < -0.3 is 19.9 Å². The zero-order chi connectivity index (χ0) is 23.7. The summed E-state index contributed by atoms with van der Waals surface area (Å²) in [4.78, 5) is 43.2. The number of hydrogen-bond acceptors (Lipinski definition) is 8. The summed E-state index contributed by atoms with van der Waals surface area (Å²) in [6, 6.07) is 9.47. The summed E-state index contributed by atoms with van der Waals surface area (Å²) in [5.74, 6) is 1.21. The third-order valence-electron chi connectivity index (χ3n) is 6.36. The summed E-state index contributed by atoms with van der Waals surface area (Å²) < 4.78 is 5.28. The molecule has 0 bridgehead atoms. The standard InChI is InChI=1S/C24H26N6O3S/c1-29(24(32)18-3-5-19-23(26-18)27-20(31)14-34-19)16-9-12-30(13-16)11-8-15-7-10-25-17-4-6-21(33-2)28-22(15)17/h3-7,10,16H,8-9,11-14H2,1-2H3,(H,26,27,31). The number of methoxy groups -OCH3 is 1. The third-order valence-corrected chi connectivity index (χ3v) is 7.40. The van der Waals surface area contributed by atoms with E-state index in [4.69, 9.17) is 4.74 Å². The van der Waals surface area contributed by atoms with Crippen LogP contribution in [0.1, 0.15) is 22.5 Å². The van der Waals surface area contributed by atoms with Crippen molar-refractivity contribution in [2.75, 3.05) is 44.9 Å². The molecule has 0 saturated carbocycles. The van der Waals surface area contributed by atoms with Gasteiger partial charge in [0.25, 0.3) is 5.91 Å². The van der Waals surface area contributed by atoms with Gasteiger partial charge in [0.1, 0.15) is 11.5 Å². The lowest BCUT2D eigenvalue weighted by molar-refractivity contribution is -0.113. The Morgan fingerprint density at radius 3 is 3.00 bits per heavy atom. The van der Waals surface area contributed by atoms with Crippen LogP contribution in [-0.2, 0) is 11.2 Å². The zero-order valence-electron chi connectivity index (χ0n) is 19.2. The van der Waals surface area contributed by atoms with E-state index in [9.17, 15) is 9.59 Å². The van der Waals surface area contributed by atoms with Gasteiger partial charge >= 0.3 is 0 Å². The fraction of sp³-hybridized carbons (Fsp3) is 0.375. The minimum absolute atomic E-state index is 0.0926. The van der Waals surface area contributed by atoms with Crippen LogP contribution in [0.25, 0.3) is 11.0 Å². The Morgan fingerprint density at radius 1 is 1.26 bits per heavy atom. The maximum atomic E-state index is 13.1. The maximum absolute atomic E-state index is 13.1. The first-order chi connectivity index (χ1) is 16.5. The average Bonchev–Trinajstić information content (AvgIpc) is 3.34. The normalized spacial score (nSPS) is 17.9. The second-order valence-electron chi connectivity index (χ2n) is 8.48. The van der Waals surface area contributed by atoms with E-state index >= 15 is 0 Å². The average molecular weight is 479 g/mol. The van der Waals surface area contributed by atoms with Crippen LogP contribution in [0.3, 0.4) is 0 Å². The summed E-state index contributed by atoms with van der Waals surface area (Å²) in [5.41, 5.74) is 3.21. The molecule has 1 saturated heterocycles. The van der Waals surface area contributed by atoms with Crippen LogP contribution in [0.5, 0.6) is 5.88 Å². The van der Waals surface area contributed by atoms with E-state index in [-0.39, 0.29) is 17.9 Å². The predicted molar refractivity (Wildman–Crippen MR) is 130 cm³/mol. The van der Waals surface area contributed by atoms with Gasteiger partial charge in [-0.15, -0.1) is 11.8 Å². The van der Waals surface area contributed by atoms with Gasteiger partial charge in [-0.1, -0.05) is 0 Å². The Balaban J connectivity index is 1.22. The molecule has 0 aromatic carbocycles. The largest absolute Gasteiger partial charge is 0.481 e. The summed E-state index contributed by atoms with van der Waals surface area (Å²) in [6.07, 6.45) is 3.56. The van der Waals surface area contributed by atoms with E-state index in [1.807, 2.05) is 37.5 Å². The van der Waals surface area contributed by atoms with Crippen molar-refractivity contribution in [3.8, 4) is 5.88 Å². The molecule has 1 fully saturated rings. The number of ether oxygens (including phenoxy) is 1. The first kappa shape index (κ1) is 22.5. The van der Waals surface area contributed by atoms with E-state index in [0.717, 1.165) is 54.0 Å². The van der Waals surface area contributed by atoms with Crippen LogP contribution in [-0.4, -0.2) is 82.2 Å². The number of likely N-dealkylation sites (tertiary alicyclic amines) is 1. The molecule has 0 radical (unpaired) electrons. The first-order valence-corrected chi connectivity index (χ1v) is 12.2. The Kier molecular flexibility index (Phi) is 6.34. The van der Waals surface area contributed by atoms with E-state index in [1.54, 1.807) is 18.1 Å². The second kappa shape index (κ2) is 9.55. The van der Waals surface area contributed by atoms with Gasteiger partial charge in [0.2, 0.25) is 11.8 Å². The second-order valence-corrected chi connectivity index (χ2v) is 9.50. The van der Waals surface area contributed by atoms with E-state index < -0.39 is 0 Å². The van der Waals surface area contributed by atoms with E-state index in [1.165, 1.54) is 11.8 Å². The molecule has 5 rings (SSSR count). The van der Waals surface area contributed by atoms with E-state index in [0.29, 0.717) is 23.1 Å². The Labute approximate surface area is 201 Å². The van der Waals surface area contributed by atoms with Crippen molar-refractivity contribution in [3.63, 3.8) is 0 Å². The minimum atomic E-state index is -0.129. The number of rotatable bonds is 6. The molecule has 3 aromatic heterocycles. The number of likely N-dealkylation sites (N-methyl/N-ethyl adjacent to an activating group) is 1. The number of carbonyl (C=O) groups is 2. The predicted octanol–water partition coefficient (Wildman–Crippen LogP) is 2.47. The van der Waals surface area contributed by atoms with Crippen molar-refractivity contribution in [2.24, 2.45) is 0 Å². The van der Waals surface area contributed by atoms with Crippen LogP contribution in [0, 0.1) is 0 Å². The topological polar surface area (TPSA) is 101 Å². The number of fused-ring (bicyclic) bond motifs is 2. The molecule has 2 aliphatic rings. The van der Waals surface area contributed by atoms with Gasteiger partial charge in [-0.2, -0.15) is 0 Å². The molecule has 1 N–H and O–H groups in total. The van der Waals surface area contributed by atoms with E-state index in [2.05, 4.69) is 25.2 Å². The molecule has 3 aromatic rings. The number of aromatic nitrogens is 3. The van der Waals surface area contributed by atoms with Crippen LogP contribution < -0.4 is 10.1 Å². The zero-order valence-corrected chi connectivity index (χ0v) is 20.0. The fourth-order valence-corrected chi connectivity index (χ4v) is 5.17. The fourth-order valence-electron chi connectivity index (χ4n) is 4.42. The van der Waals surface area contributed by atoms with Crippen LogP contribution in [0.15, 0.2) is 41.4 Å². The van der Waals surface area contributed by atoms with Crippen molar-refractivity contribution in [3.05, 3.63) is 47.8 Å². The molecular weight excluding hydrogens is 452 g/mol. The molecule has 9 nitrogen and oxygen atoms in total. The third kappa shape index (κ3) is 4.55. The lowest BCUT2D eigenvalue weighted by Crippen LogP contribution is -2.39. The molecular formula is C24H26N6O3S. The van der Waals surface area contributed by atoms with Crippen LogP contribution in [0.2, 0.25) is 0 Å². The number of carbonyl (C=O) groups excluding carboxylic acids is 2. The summed E-state index contributed by atoms with van der Waals surface area (Å²) in [5, 5.41) is 2.76. The highest BCUT2D eigenvalue weighted by Crippen LogP contribution is 2.30. The highest BCUT2D eigenvalue weighted by atomic mass is 32.2. The van der Waals surface area contributed by atoms with Gasteiger partial charge in [0.15, 0.2) is 0 Å². The first-order valence-electron chi connectivity index (χ1n) is 11.2. The highest BCUT2D eigenvalue weighted by molar-refractivity contribution is 8.00. The summed E-state index contributed by atoms with van der Waals surface area (Å²) in [6.45, 7) is 2.60. The number of nitrogens with zero attached hydrogens (tertiary/aromatic N) is 5. The monoisotopic (exact) mass is 478 g/mol. The quantitative estimate of drug-likeness (QED) is 0.577. The van der Waals surface area contributed by atoms with Crippen molar-refractivity contribution in [1.29, 1.82) is 0 Å². The number of pyridine rings is 3. The highest BCUT2D eigenvalue weighted by Gasteiger charge is 2.30. The van der Waals surface area contributed by atoms with Gasteiger partial charge in [0.05, 0.1) is 28.8 Å². The smallest absolute Gasteiger partial charge is 0.272 e. The summed E-state index contributed by atoms with van der Waals surface area (Å²) in [7, 11) is 3.44. The Bertz CT molecular complexity index is 1250. The molecule has 34 heavy (non-hydrogen) atoms. The molecule has 0 aliphatic carbocycles. The minimum Gasteiger partial charge on any atom is -0.481 e. The van der Waals surface area contributed by atoms with Crippen LogP contribution >= 0.6 is 11.8 Å². The molecule has 1 unspecified atom stereocenters. The number of thioether (sulfide) groups is 1. The lowest BCUT2D eigenvalue weighted by Gasteiger charge is -2.25. The van der Waals surface area contributed by atoms with Crippen molar-refractivity contribution in [1.82, 2.24) is 24.8 Å². The molecule has 10 heteroatoms. The number of anilines is 1. The molecule has 2 amide bonds. The molecule has 1 atom stereocenters. The SMILES string of the molecule is COc1ccc2nccc(CCN3CCC(N(C)C(=O)c4ccc5c(n4)NC(=O)CS5)C3)c2n1.